The summed E-state index contributed by atoms with van der Waals surface area (Å²) < 4.78 is 44.7. The number of nitriles is 1. The van der Waals surface area contributed by atoms with E-state index >= 15 is 0 Å². The van der Waals surface area contributed by atoms with Gasteiger partial charge in [-0.1, -0.05) is 0 Å². The number of carbonyl (C=O) groups is 1. The van der Waals surface area contributed by atoms with E-state index in [1.165, 1.54) is 6.07 Å². The van der Waals surface area contributed by atoms with Gasteiger partial charge in [-0.2, -0.15) is 5.26 Å². The van der Waals surface area contributed by atoms with E-state index in [2.05, 4.69) is 4.74 Å². The van der Waals surface area contributed by atoms with Crippen LogP contribution in [0.3, 0.4) is 0 Å². The van der Waals surface area contributed by atoms with Gasteiger partial charge in [-0.05, 0) is 12.1 Å². The number of carbonyl (C=O) groups excluding carboxylic acids is 1. The quantitative estimate of drug-likeness (QED) is 0.682. The minimum atomic E-state index is -1.20. The molecule has 0 amide bonds. The number of benzene rings is 2. The van der Waals surface area contributed by atoms with Crippen molar-refractivity contribution in [3.8, 4) is 17.6 Å². The van der Waals surface area contributed by atoms with Crippen LogP contribution in [-0.2, 0) is 0 Å². The van der Waals surface area contributed by atoms with Gasteiger partial charge in [0, 0.05) is 18.2 Å². The van der Waals surface area contributed by atoms with Crippen LogP contribution in [0, 0.1) is 28.8 Å². The molecule has 0 radical (unpaired) electrons. The molecule has 106 valence electrons. The summed E-state index contributed by atoms with van der Waals surface area (Å²) in [6.45, 7) is 0. The van der Waals surface area contributed by atoms with Crippen LogP contribution in [0.15, 0.2) is 30.3 Å². The Hall–Kier alpha value is -3.01. The molecule has 2 rings (SSSR count). The van der Waals surface area contributed by atoms with Crippen molar-refractivity contribution < 1.29 is 27.8 Å². The molecule has 0 fully saturated rings. The van der Waals surface area contributed by atoms with Gasteiger partial charge >= 0.3 is 5.97 Å². The zero-order valence-corrected chi connectivity index (χ0v) is 10.2. The zero-order chi connectivity index (χ0) is 15.6. The lowest BCUT2D eigenvalue weighted by Crippen LogP contribution is -2.11. The molecule has 0 heterocycles. The number of nitrogens with zero attached hydrogens (tertiary/aromatic N) is 1. The third-order valence-corrected chi connectivity index (χ3v) is 2.51. The summed E-state index contributed by atoms with van der Waals surface area (Å²) in [4.78, 5) is 11.7. The van der Waals surface area contributed by atoms with E-state index < -0.39 is 40.3 Å². The average Bonchev–Trinajstić information content (AvgIpc) is 2.37. The minimum absolute atomic E-state index is 0.389. The summed E-state index contributed by atoms with van der Waals surface area (Å²) >= 11 is 0. The fraction of sp³-hybridized carbons (Fsp3) is 0. The number of hydrogen-bond acceptors (Lipinski definition) is 4. The van der Waals surface area contributed by atoms with Crippen molar-refractivity contribution in [2.45, 2.75) is 0 Å². The molecule has 2 aromatic rings. The summed E-state index contributed by atoms with van der Waals surface area (Å²) in [7, 11) is 0. The van der Waals surface area contributed by atoms with E-state index in [1.807, 2.05) is 0 Å². The second kappa shape index (κ2) is 5.54. The van der Waals surface area contributed by atoms with E-state index in [9.17, 15) is 18.0 Å². The summed E-state index contributed by atoms with van der Waals surface area (Å²) in [6.07, 6.45) is 0. The van der Waals surface area contributed by atoms with Crippen LogP contribution in [0.25, 0.3) is 0 Å². The molecule has 0 bridgehead atoms. The van der Waals surface area contributed by atoms with Gasteiger partial charge in [-0.3, -0.25) is 0 Å². The van der Waals surface area contributed by atoms with Crippen LogP contribution >= 0.6 is 0 Å². The molecule has 0 aliphatic rings. The Balaban J connectivity index is 2.30. The Labute approximate surface area is 116 Å². The van der Waals surface area contributed by atoms with Crippen molar-refractivity contribution in [2.24, 2.45) is 0 Å². The first kappa shape index (κ1) is 14.4. The number of phenolic OH excluding ortho intramolecular Hbond substituents is 1. The predicted molar refractivity (Wildman–Crippen MR) is 64.1 cm³/mol. The van der Waals surface area contributed by atoms with E-state index in [0.29, 0.717) is 18.2 Å². The largest absolute Gasteiger partial charge is 0.508 e. The van der Waals surface area contributed by atoms with Crippen LogP contribution in [-0.4, -0.2) is 11.1 Å². The Morgan fingerprint density at radius 3 is 2.24 bits per heavy atom. The van der Waals surface area contributed by atoms with Crippen LogP contribution in [0.2, 0.25) is 0 Å². The van der Waals surface area contributed by atoms with Crippen LogP contribution in [0.1, 0.15) is 15.9 Å². The standard InChI is InChI=1S/C14H6F3NO3/c15-11-3-7(19)1-2-9(11)14(20)21-8-4-12(16)10(6-18)13(17)5-8/h1-5,19H. The number of hydrogen-bond donors (Lipinski definition) is 1. The summed E-state index contributed by atoms with van der Waals surface area (Å²) in [5, 5.41) is 17.5. The summed E-state index contributed by atoms with van der Waals surface area (Å²) in [6, 6.07) is 5.29. The molecule has 0 spiro atoms. The molecular weight excluding hydrogens is 287 g/mol. The number of esters is 1. The maximum Gasteiger partial charge on any atom is 0.346 e. The molecule has 21 heavy (non-hydrogen) atoms. The Morgan fingerprint density at radius 1 is 1.10 bits per heavy atom. The predicted octanol–water partition coefficient (Wildman–Crippen LogP) is 2.90. The van der Waals surface area contributed by atoms with Gasteiger partial charge in [0.2, 0.25) is 0 Å². The number of ether oxygens (including phenoxy) is 1. The highest BCUT2D eigenvalue weighted by atomic mass is 19.1. The van der Waals surface area contributed by atoms with Gasteiger partial charge < -0.3 is 9.84 Å². The van der Waals surface area contributed by atoms with E-state index in [1.54, 1.807) is 0 Å². The van der Waals surface area contributed by atoms with Crippen molar-refractivity contribution >= 4 is 5.97 Å². The van der Waals surface area contributed by atoms with Crippen molar-refractivity contribution in [1.29, 1.82) is 5.26 Å². The van der Waals surface area contributed by atoms with E-state index in [4.69, 9.17) is 10.4 Å². The first-order chi connectivity index (χ1) is 9.92. The van der Waals surface area contributed by atoms with Crippen molar-refractivity contribution in [2.75, 3.05) is 0 Å². The number of rotatable bonds is 2. The summed E-state index contributed by atoms with van der Waals surface area (Å²) in [5.74, 6) is -5.55. The number of phenols is 1. The lowest BCUT2D eigenvalue weighted by Gasteiger charge is -2.06. The molecule has 4 nitrogen and oxygen atoms in total. The zero-order valence-electron chi connectivity index (χ0n) is 10.2. The van der Waals surface area contributed by atoms with Gasteiger partial charge in [0.1, 0.15) is 40.6 Å². The highest BCUT2D eigenvalue weighted by Crippen LogP contribution is 2.22. The molecular formula is C14H6F3NO3. The topological polar surface area (TPSA) is 70.3 Å². The van der Waals surface area contributed by atoms with Gasteiger partial charge in [-0.25, -0.2) is 18.0 Å². The molecule has 0 saturated heterocycles. The Kier molecular flexibility index (Phi) is 3.80. The second-order valence-corrected chi connectivity index (χ2v) is 3.93. The molecule has 0 atom stereocenters. The molecule has 1 N–H and O–H groups in total. The molecule has 0 aromatic heterocycles. The molecule has 0 aliphatic heterocycles. The molecule has 0 aliphatic carbocycles. The SMILES string of the molecule is N#Cc1c(F)cc(OC(=O)c2ccc(O)cc2F)cc1F. The smallest absolute Gasteiger partial charge is 0.346 e. The highest BCUT2D eigenvalue weighted by Gasteiger charge is 2.17. The molecule has 0 saturated carbocycles. The number of aromatic hydroxyl groups is 1. The Morgan fingerprint density at radius 2 is 1.71 bits per heavy atom. The normalized spacial score (nSPS) is 10.0. The lowest BCUT2D eigenvalue weighted by molar-refractivity contribution is 0.0729. The average molecular weight is 293 g/mol. The van der Waals surface area contributed by atoms with Crippen LogP contribution < -0.4 is 4.74 Å². The van der Waals surface area contributed by atoms with Crippen molar-refractivity contribution in [1.82, 2.24) is 0 Å². The lowest BCUT2D eigenvalue weighted by atomic mass is 10.2. The maximum absolute atomic E-state index is 13.4. The van der Waals surface area contributed by atoms with Crippen LogP contribution in [0.5, 0.6) is 11.5 Å². The second-order valence-electron chi connectivity index (χ2n) is 3.93. The van der Waals surface area contributed by atoms with Gasteiger partial charge in [0.15, 0.2) is 0 Å². The molecule has 0 unspecified atom stereocenters. The molecule has 2 aromatic carbocycles. The number of halogens is 3. The fourth-order valence-electron chi connectivity index (χ4n) is 1.55. The third kappa shape index (κ3) is 2.95. The molecule has 7 heteroatoms. The monoisotopic (exact) mass is 293 g/mol. The maximum atomic E-state index is 13.4. The first-order valence-electron chi connectivity index (χ1n) is 5.52. The van der Waals surface area contributed by atoms with E-state index in [-0.39, 0.29) is 5.75 Å². The van der Waals surface area contributed by atoms with Gasteiger partial charge in [0.05, 0.1) is 5.56 Å². The third-order valence-electron chi connectivity index (χ3n) is 2.51. The fourth-order valence-corrected chi connectivity index (χ4v) is 1.55. The van der Waals surface area contributed by atoms with Crippen molar-refractivity contribution in [3.05, 3.63) is 58.9 Å². The van der Waals surface area contributed by atoms with Gasteiger partial charge in [0.25, 0.3) is 0 Å². The first-order valence-corrected chi connectivity index (χ1v) is 5.52. The van der Waals surface area contributed by atoms with Gasteiger partial charge in [-0.15, -0.1) is 0 Å². The highest BCUT2D eigenvalue weighted by molar-refractivity contribution is 5.91. The Bertz CT molecular complexity index is 746. The van der Waals surface area contributed by atoms with E-state index in [0.717, 1.165) is 12.1 Å². The summed E-state index contributed by atoms with van der Waals surface area (Å²) in [5.41, 5.74) is -1.33. The minimum Gasteiger partial charge on any atom is -0.508 e. The van der Waals surface area contributed by atoms with Crippen LogP contribution in [0.4, 0.5) is 13.2 Å². The van der Waals surface area contributed by atoms with Crippen molar-refractivity contribution in [3.63, 3.8) is 0 Å².